The van der Waals surface area contributed by atoms with Gasteiger partial charge in [-0.1, -0.05) is 20.8 Å². The number of ether oxygens (including phenoxy) is 1. The van der Waals surface area contributed by atoms with Crippen LogP contribution in [0.5, 0.6) is 0 Å². The van der Waals surface area contributed by atoms with Crippen LogP contribution in [0.3, 0.4) is 0 Å². The molecule has 0 bridgehead atoms. The van der Waals surface area contributed by atoms with Crippen LogP contribution >= 0.6 is 11.8 Å². The number of Topliss-reactive ketones (excluding diaryl/α,β-unsaturated/α-hetero) is 1. The highest BCUT2D eigenvalue weighted by atomic mass is 32.2. The molecule has 90 valence electrons. The second-order valence-corrected chi connectivity index (χ2v) is 7.21. The lowest BCUT2D eigenvalue weighted by atomic mass is 10.0. The quantitative estimate of drug-likeness (QED) is 0.703. The summed E-state index contributed by atoms with van der Waals surface area (Å²) >= 11 is 1.71. The Bertz CT molecular complexity index is 204. The SMILES string of the molecule is COC(C)(C)CCC(=O)CSC(C)(C)C. The van der Waals surface area contributed by atoms with E-state index in [2.05, 4.69) is 20.8 Å². The lowest BCUT2D eigenvalue weighted by molar-refractivity contribution is -0.118. The number of carbonyl (C=O) groups is 1. The summed E-state index contributed by atoms with van der Waals surface area (Å²) in [4.78, 5) is 11.6. The van der Waals surface area contributed by atoms with Crippen molar-refractivity contribution in [1.29, 1.82) is 0 Å². The highest BCUT2D eigenvalue weighted by Crippen LogP contribution is 2.24. The van der Waals surface area contributed by atoms with Crippen LogP contribution in [0, 0.1) is 0 Å². The number of hydrogen-bond donors (Lipinski definition) is 0. The number of thioether (sulfide) groups is 1. The van der Waals surface area contributed by atoms with E-state index < -0.39 is 0 Å². The van der Waals surface area contributed by atoms with Crippen LogP contribution in [0.4, 0.5) is 0 Å². The molecule has 0 amide bonds. The van der Waals surface area contributed by atoms with Crippen LogP contribution in [0.25, 0.3) is 0 Å². The Morgan fingerprint density at radius 2 is 1.73 bits per heavy atom. The molecular weight excluding hydrogens is 208 g/mol. The molecule has 3 heteroatoms. The number of carbonyl (C=O) groups excluding carboxylic acids is 1. The van der Waals surface area contributed by atoms with Gasteiger partial charge in [0, 0.05) is 18.3 Å². The van der Waals surface area contributed by atoms with E-state index in [1.54, 1.807) is 18.9 Å². The van der Waals surface area contributed by atoms with Gasteiger partial charge in [-0.25, -0.2) is 0 Å². The number of hydrogen-bond acceptors (Lipinski definition) is 3. The minimum absolute atomic E-state index is 0.173. The summed E-state index contributed by atoms with van der Waals surface area (Å²) < 4.78 is 5.45. The maximum Gasteiger partial charge on any atom is 0.142 e. The van der Waals surface area contributed by atoms with Gasteiger partial charge < -0.3 is 4.74 Å². The van der Waals surface area contributed by atoms with Gasteiger partial charge in [0.15, 0.2) is 0 Å². The van der Waals surface area contributed by atoms with Gasteiger partial charge in [0.2, 0.25) is 0 Å². The Balaban J connectivity index is 3.77. The van der Waals surface area contributed by atoms with E-state index in [0.29, 0.717) is 18.0 Å². The Hall–Kier alpha value is -0.0200. The van der Waals surface area contributed by atoms with E-state index >= 15 is 0 Å². The highest BCUT2D eigenvalue weighted by molar-refractivity contribution is 8.01. The summed E-state index contributed by atoms with van der Waals surface area (Å²) in [6.45, 7) is 10.4. The molecule has 0 saturated heterocycles. The second kappa shape index (κ2) is 5.90. The smallest absolute Gasteiger partial charge is 0.142 e. The Morgan fingerprint density at radius 1 is 1.20 bits per heavy atom. The molecule has 0 aliphatic heterocycles. The zero-order valence-corrected chi connectivity index (χ0v) is 11.7. The molecule has 0 saturated carbocycles. The molecule has 0 fully saturated rings. The lowest BCUT2D eigenvalue weighted by Crippen LogP contribution is -2.24. The monoisotopic (exact) mass is 232 g/mol. The van der Waals surface area contributed by atoms with Crippen molar-refractivity contribution in [2.24, 2.45) is 0 Å². The van der Waals surface area contributed by atoms with Gasteiger partial charge in [-0.2, -0.15) is 0 Å². The molecule has 0 N–H and O–H groups in total. The van der Waals surface area contributed by atoms with Gasteiger partial charge in [0.25, 0.3) is 0 Å². The first kappa shape index (κ1) is 15.0. The number of rotatable bonds is 6. The van der Waals surface area contributed by atoms with Gasteiger partial charge >= 0.3 is 0 Å². The molecule has 0 aromatic carbocycles. The second-order valence-electron chi connectivity index (χ2n) is 5.40. The van der Waals surface area contributed by atoms with Gasteiger partial charge in [-0.3, -0.25) is 4.79 Å². The Kier molecular flexibility index (Phi) is 5.89. The van der Waals surface area contributed by atoms with Crippen molar-refractivity contribution in [3.8, 4) is 0 Å². The van der Waals surface area contributed by atoms with Crippen molar-refractivity contribution in [3.05, 3.63) is 0 Å². The maximum absolute atomic E-state index is 11.6. The molecule has 0 heterocycles. The van der Waals surface area contributed by atoms with Gasteiger partial charge in [0.1, 0.15) is 5.78 Å². The molecule has 0 spiro atoms. The molecule has 0 atom stereocenters. The molecule has 0 aliphatic rings. The molecule has 0 aromatic heterocycles. The number of ketones is 1. The van der Waals surface area contributed by atoms with E-state index in [0.717, 1.165) is 6.42 Å². The number of methoxy groups -OCH3 is 1. The molecule has 0 unspecified atom stereocenters. The van der Waals surface area contributed by atoms with E-state index in [4.69, 9.17) is 4.74 Å². The van der Waals surface area contributed by atoms with Crippen molar-refractivity contribution >= 4 is 17.5 Å². The van der Waals surface area contributed by atoms with Crippen molar-refractivity contribution in [2.75, 3.05) is 12.9 Å². The average molecular weight is 232 g/mol. The summed E-state index contributed by atoms with van der Waals surface area (Å²) in [7, 11) is 1.69. The Labute approximate surface area is 98.2 Å². The van der Waals surface area contributed by atoms with Crippen molar-refractivity contribution < 1.29 is 9.53 Å². The molecular formula is C12H24O2S. The first-order chi connectivity index (χ1) is 6.66. The summed E-state index contributed by atoms with van der Waals surface area (Å²) in [5.74, 6) is 0.934. The third-order valence-corrected chi connectivity index (χ3v) is 3.56. The summed E-state index contributed by atoms with van der Waals surface area (Å²) in [5.41, 5.74) is -0.179. The van der Waals surface area contributed by atoms with E-state index in [-0.39, 0.29) is 10.3 Å². The predicted molar refractivity (Wildman–Crippen MR) is 67.5 cm³/mol. The van der Waals surface area contributed by atoms with E-state index in [1.165, 1.54) is 0 Å². The molecule has 0 aromatic rings. The van der Waals surface area contributed by atoms with Gasteiger partial charge in [-0.15, -0.1) is 11.8 Å². The minimum Gasteiger partial charge on any atom is -0.379 e. The molecule has 15 heavy (non-hydrogen) atoms. The van der Waals surface area contributed by atoms with Gasteiger partial charge in [-0.05, 0) is 20.3 Å². The predicted octanol–water partition coefficient (Wildman–Crippen LogP) is 3.29. The largest absolute Gasteiger partial charge is 0.379 e. The van der Waals surface area contributed by atoms with Crippen molar-refractivity contribution in [2.45, 2.75) is 57.8 Å². The first-order valence-electron chi connectivity index (χ1n) is 5.37. The maximum atomic E-state index is 11.6. The molecule has 0 radical (unpaired) electrons. The fraction of sp³-hybridized carbons (Fsp3) is 0.917. The highest BCUT2D eigenvalue weighted by Gasteiger charge is 2.19. The standard InChI is InChI=1S/C12H24O2S/c1-11(2,3)15-9-10(13)7-8-12(4,5)14-6/h7-9H2,1-6H3. The summed E-state index contributed by atoms with van der Waals surface area (Å²) in [5, 5.41) is 0. The van der Waals surface area contributed by atoms with Crippen LogP contribution < -0.4 is 0 Å². The van der Waals surface area contributed by atoms with Gasteiger partial charge in [0.05, 0.1) is 11.4 Å². The van der Waals surface area contributed by atoms with Crippen LogP contribution in [-0.2, 0) is 9.53 Å². The molecule has 2 nitrogen and oxygen atoms in total. The van der Waals surface area contributed by atoms with Crippen LogP contribution in [0.2, 0.25) is 0 Å². The van der Waals surface area contributed by atoms with Crippen LogP contribution in [0.1, 0.15) is 47.5 Å². The third kappa shape index (κ3) is 8.94. The molecule has 0 rings (SSSR count). The summed E-state index contributed by atoms with van der Waals surface area (Å²) in [6.07, 6.45) is 1.41. The fourth-order valence-corrected chi connectivity index (χ4v) is 1.65. The third-order valence-electron chi connectivity index (χ3n) is 2.22. The minimum atomic E-state index is -0.179. The van der Waals surface area contributed by atoms with Crippen LogP contribution in [0.15, 0.2) is 0 Å². The zero-order valence-electron chi connectivity index (χ0n) is 10.8. The van der Waals surface area contributed by atoms with E-state index in [9.17, 15) is 4.79 Å². The Morgan fingerprint density at radius 3 is 2.13 bits per heavy atom. The van der Waals surface area contributed by atoms with Crippen molar-refractivity contribution in [1.82, 2.24) is 0 Å². The summed E-state index contributed by atoms with van der Waals surface area (Å²) in [6, 6.07) is 0. The fourth-order valence-electron chi connectivity index (χ4n) is 0.912. The first-order valence-corrected chi connectivity index (χ1v) is 6.36. The molecule has 0 aliphatic carbocycles. The van der Waals surface area contributed by atoms with Crippen molar-refractivity contribution in [3.63, 3.8) is 0 Å². The topological polar surface area (TPSA) is 26.3 Å². The van der Waals surface area contributed by atoms with E-state index in [1.807, 2.05) is 13.8 Å². The average Bonchev–Trinajstić information content (AvgIpc) is 2.10. The zero-order chi connectivity index (χ0) is 12.1. The lowest BCUT2D eigenvalue weighted by Gasteiger charge is -2.22. The van der Waals surface area contributed by atoms with Crippen LogP contribution in [-0.4, -0.2) is 29.0 Å². The normalized spacial score (nSPS) is 12.9.